The van der Waals surface area contributed by atoms with Crippen molar-refractivity contribution in [2.75, 3.05) is 5.32 Å². The number of aromatic nitrogens is 2. The van der Waals surface area contributed by atoms with E-state index < -0.39 is 5.92 Å². The van der Waals surface area contributed by atoms with Gasteiger partial charge in [-0.25, -0.2) is 15.1 Å². The minimum absolute atomic E-state index is 0.169. The maximum Gasteiger partial charge on any atom is 0.337 e. The van der Waals surface area contributed by atoms with Gasteiger partial charge in [0, 0.05) is 58.7 Å². The normalized spacial score (nSPS) is 19.8. The van der Waals surface area contributed by atoms with Gasteiger partial charge in [-0.2, -0.15) is 0 Å². The Bertz CT molecular complexity index is 1610. The number of para-hydroxylation sites is 1. The number of carbonyl (C=O) groups excluding carboxylic acids is 2. The zero-order chi connectivity index (χ0) is 25.0. The van der Waals surface area contributed by atoms with Crippen molar-refractivity contribution in [3.05, 3.63) is 95.0 Å². The molecule has 3 N–H and O–H groups in total. The van der Waals surface area contributed by atoms with Crippen molar-refractivity contribution in [3.63, 3.8) is 0 Å². The van der Waals surface area contributed by atoms with Crippen LogP contribution >= 0.6 is 0 Å². The molecule has 2 unspecified atom stereocenters. The Labute approximate surface area is 209 Å². The first kappa shape index (κ1) is 22.3. The van der Waals surface area contributed by atoms with Gasteiger partial charge in [0.25, 0.3) is 5.82 Å². The molecular weight excluding hydrogens is 448 g/mol. The SMILES string of the molecule is CC1=C(C(=O)Nc2ccc(C)c[nH+]2)C(c2ccc3c(c2)c2ccccc2n3C)C2C(=O)CCC=C2N1. The molecule has 0 saturated carbocycles. The van der Waals surface area contributed by atoms with Crippen molar-refractivity contribution in [1.82, 2.24) is 9.88 Å². The van der Waals surface area contributed by atoms with Gasteiger partial charge in [-0.3, -0.25) is 4.79 Å². The van der Waals surface area contributed by atoms with E-state index in [4.69, 9.17) is 0 Å². The highest BCUT2D eigenvalue weighted by Gasteiger charge is 2.44. The maximum atomic E-state index is 13.7. The fourth-order valence-electron chi connectivity index (χ4n) is 5.82. The van der Waals surface area contributed by atoms with Crippen LogP contribution in [0.25, 0.3) is 21.8 Å². The number of ketones is 1. The molecule has 2 aliphatic rings. The van der Waals surface area contributed by atoms with Gasteiger partial charge in [0.15, 0.2) is 0 Å². The molecule has 2 atom stereocenters. The lowest BCUT2D eigenvalue weighted by molar-refractivity contribution is -0.361. The number of hydrogen-bond donors (Lipinski definition) is 2. The molecule has 4 aromatic rings. The fraction of sp³-hybridized carbons (Fsp3) is 0.233. The number of aromatic amines is 1. The molecule has 36 heavy (non-hydrogen) atoms. The van der Waals surface area contributed by atoms with Crippen molar-refractivity contribution in [2.24, 2.45) is 13.0 Å². The summed E-state index contributed by atoms with van der Waals surface area (Å²) in [6.45, 7) is 3.91. The number of anilines is 1. The number of H-pyrrole nitrogens is 1. The molecule has 0 fully saturated rings. The van der Waals surface area contributed by atoms with Crippen LogP contribution < -0.4 is 15.6 Å². The molecule has 1 aliphatic heterocycles. The average molecular weight is 478 g/mol. The number of amides is 1. The molecule has 0 bridgehead atoms. The molecule has 180 valence electrons. The molecule has 1 amide bonds. The highest BCUT2D eigenvalue weighted by molar-refractivity contribution is 6.09. The first-order valence-corrected chi connectivity index (χ1v) is 12.4. The topological polar surface area (TPSA) is 77.3 Å². The average Bonchev–Trinajstić information content (AvgIpc) is 3.16. The number of pyridine rings is 1. The largest absolute Gasteiger partial charge is 0.362 e. The Morgan fingerprint density at radius 3 is 2.64 bits per heavy atom. The Morgan fingerprint density at radius 2 is 1.83 bits per heavy atom. The number of nitrogens with zero attached hydrogens (tertiary/aromatic N) is 1. The summed E-state index contributed by atoms with van der Waals surface area (Å²) in [5, 5.41) is 8.70. The van der Waals surface area contributed by atoms with Gasteiger partial charge < -0.3 is 9.88 Å². The number of allylic oxidation sites excluding steroid dienone is 3. The van der Waals surface area contributed by atoms with Crippen LogP contribution in [0, 0.1) is 12.8 Å². The monoisotopic (exact) mass is 477 g/mol. The smallest absolute Gasteiger partial charge is 0.337 e. The predicted molar refractivity (Wildman–Crippen MR) is 141 cm³/mol. The van der Waals surface area contributed by atoms with Crippen molar-refractivity contribution in [3.8, 4) is 0 Å². The third-order valence-electron chi connectivity index (χ3n) is 7.57. The van der Waals surface area contributed by atoms with Crippen LogP contribution in [0.1, 0.15) is 36.8 Å². The molecular formula is C30H29N4O2+. The number of fused-ring (bicyclic) bond motifs is 4. The van der Waals surface area contributed by atoms with E-state index in [1.165, 1.54) is 0 Å². The fourth-order valence-corrected chi connectivity index (χ4v) is 5.82. The molecule has 0 radical (unpaired) electrons. The maximum absolute atomic E-state index is 13.7. The van der Waals surface area contributed by atoms with Crippen LogP contribution in [0.2, 0.25) is 0 Å². The van der Waals surface area contributed by atoms with Crippen LogP contribution in [0.3, 0.4) is 0 Å². The summed E-state index contributed by atoms with van der Waals surface area (Å²) in [5.41, 5.74) is 6.62. The molecule has 2 aromatic heterocycles. The number of carbonyl (C=O) groups is 2. The standard InChI is InChI=1S/C30H28N4O2/c1-17-11-14-26(31-16-17)33-30(36)27-18(2)32-22-8-6-10-25(35)29(22)28(27)19-12-13-24-21(15-19)20-7-4-5-9-23(20)34(24)3/h4-5,7-9,11-16,28-29,32H,6,10H2,1-3H3,(H,31,33,36)/p+1. The first-order valence-electron chi connectivity index (χ1n) is 12.4. The van der Waals surface area contributed by atoms with E-state index in [0.717, 1.165) is 50.7 Å². The number of nitrogens with one attached hydrogen (secondary N) is 3. The van der Waals surface area contributed by atoms with E-state index in [2.05, 4.69) is 63.6 Å². The highest BCUT2D eigenvalue weighted by atomic mass is 16.2. The predicted octanol–water partition coefficient (Wildman–Crippen LogP) is 4.92. The Morgan fingerprint density at radius 1 is 1.03 bits per heavy atom. The second-order valence-corrected chi connectivity index (χ2v) is 9.87. The minimum atomic E-state index is -0.405. The van der Waals surface area contributed by atoms with E-state index in [1.807, 2.05) is 44.3 Å². The Balaban J connectivity index is 1.51. The van der Waals surface area contributed by atoms with Crippen molar-refractivity contribution in [2.45, 2.75) is 32.6 Å². The summed E-state index contributed by atoms with van der Waals surface area (Å²) in [5.74, 6) is -0.203. The van der Waals surface area contributed by atoms with Gasteiger partial charge in [0.2, 0.25) is 0 Å². The molecule has 6 heteroatoms. The lowest BCUT2D eigenvalue weighted by Gasteiger charge is -2.37. The highest BCUT2D eigenvalue weighted by Crippen LogP contribution is 2.45. The lowest BCUT2D eigenvalue weighted by atomic mass is 9.70. The van der Waals surface area contributed by atoms with Crippen molar-refractivity contribution >= 4 is 39.3 Å². The zero-order valence-electron chi connectivity index (χ0n) is 20.7. The van der Waals surface area contributed by atoms with Crippen molar-refractivity contribution in [1.29, 1.82) is 0 Å². The third-order valence-corrected chi connectivity index (χ3v) is 7.57. The second-order valence-electron chi connectivity index (χ2n) is 9.87. The molecule has 0 spiro atoms. The van der Waals surface area contributed by atoms with E-state index in [0.29, 0.717) is 17.8 Å². The van der Waals surface area contributed by atoms with Crippen LogP contribution in [0.15, 0.2) is 83.8 Å². The van der Waals surface area contributed by atoms with Crippen molar-refractivity contribution < 1.29 is 14.6 Å². The van der Waals surface area contributed by atoms with E-state index >= 15 is 0 Å². The number of hydrogen-bond acceptors (Lipinski definition) is 3. The summed E-state index contributed by atoms with van der Waals surface area (Å²) in [6, 6.07) is 18.5. The van der Waals surface area contributed by atoms with Gasteiger partial charge in [-0.15, -0.1) is 0 Å². The molecule has 1 aliphatic carbocycles. The van der Waals surface area contributed by atoms with Crippen LogP contribution in [-0.2, 0) is 16.6 Å². The van der Waals surface area contributed by atoms with Gasteiger partial charge in [-0.1, -0.05) is 30.3 Å². The summed E-state index contributed by atoms with van der Waals surface area (Å²) >= 11 is 0. The summed E-state index contributed by atoms with van der Waals surface area (Å²) in [4.78, 5) is 30.2. The number of rotatable bonds is 3. The summed E-state index contributed by atoms with van der Waals surface area (Å²) in [7, 11) is 2.07. The Kier molecular flexibility index (Phi) is 5.25. The Hall–Kier alpha value is -4.19. The van der Waals surface area contributed by atoms with Gasteiger partial charge >= 0.3 is 5.91 Å². The molecule has 6 nitrogen and oxygen atoms in total. The summed E-state index contributed by atoms with van der Waals surface area (Å²) in [6.07, 6.45) is 5.18. The van der Waals surface area contributed by atoms with E-state index in [-0.39, 0.29) is 17.6 Å². The lowest BCUT2D eigenvalue weighted by Crippen LogP contribution is -2.41. The second kappa shape index (κ2) is 8.48. The third kappa shape index (κ3) is 3.52. The quantitative estimate of drug-likeness (QED) is 0.440. The van der Waals surface area contributed by atoms with Gasteiger partial charge in [0.05, 0.1) is 17.7 Å². The number of aryl methyl sites for hydroxylation is 2. The summed E-state index contributed by atoms with van der Waals surface area (Å²) < 4.78 is 2.19. The number of benzene rings is 2. The number of Topliss-reactive ketones (excluding diaryl/α,β-unsaturated/α-hetero) is 1. The van der Waals surface area contributed by atoms with Gasteiger partial charge in [0.1, 0.15) is 5.78 Å². The van der Waals surface area contributed by atoms with E-state index in [9.17, 15) is 9.59 Å². The van der Waals surface area contributed by atoms with Crippen LogP contribution in [0.5, 0.6) is 0 Å². The van der Waals surface area contributed by atoms with Crippen LogP contribution in [-0.4, -0.2) is 16.3 Å². The first-order chi connectivity index (χ1) is 17.4. The van der Waals surface area contributed by atoms with E-state index in [1.54, 1.807) is 0 Å². The minimum Gasteiger partial charge on any atom is -0.362 e. The van der Waals surface area contributed by atoms with Gasteiger partial charge in [-0.05, 0) is 55.7 Å². The molecule has 2 aromatic carbocycles. The molecule has 3 heterocycles. The zero-order valence-corrected chi connectivity index (χ0v) is 20.7. The molecule has 0 saturated heterocycles. The van der Waals surface area contributed by atoms with Crippen LogP contribution in [0.4, 0.5) is 5.82 Å². The molecule has 6 rings (SSSR count).